The minimum Gasteiger partial charge on any atom is -0.370 e. The van der Waals surface area contributed by atoms with E-state index >= 15 is 0 Å². The molecule has 10 heteroatoms. The molecular formula is C22H31F3IN5O. The number of aromatic nitrogens is 2. The fourth-order valence-corrected chi connectivity index (χ4v) is 3.56. The molecule has 0 amide bonds. The van der Waals surface area contributed by atoms with E-state index in [9.17, 15) is 13.2 Å². The Morgan fingerprint density at radius 3 is 2.62 bits per heavy atom. The van der Waals surface area contributed by atoms with Gasteiger partial charge in [-0.3, -0.25) is 9.67 Å². The van der Waals surface area contributed by atoms with Crippen LogP contribution in [0.2, 0.25) is 0 Å². The summed E-state index contributed by atoms with van der Waals surface area (Å²) >= 11 is 0. The van der Waals surface area contributed by atoms with Crippen molar-refractivity contribution in [1.29, 1.82) is 0 Å². The van der Waals surface area contributed by atoms with Gasteiger partial charge in [-0.1, -0.05) is 32.0 Å². The third-order valence-corrected chi connectivity index (χ3v) is 5.39. The van der Waals surface area contributed by atoms with Gasteiger partial charge in [0.15, 0.2) is 5.96 Å². The average molecular weight is 565 g/mol. The Bertz CT molecular complexity index is 913. The smallest absolute Gasteiger partial charge is 0.370 e. The fraction of sp³-hybridized carbons (Fsp3) is 0.545. The second-order valence-corrected chi connectivity index (χ2v) is 8.39. The van der Waals surface area contributed by atoms with Crippen LogP contribution in [0.25, 0.3) is 0 Å². The van der Waals surface area contributed by atoms with E-state index in [1.165, 1.54) is 12.1 Å². The molecule has 6 nitrogen and oxygen atoms in total. The SMILES string of the molecule is CCNC(=NCC(C)(C)c1cccc(C(F)(F)F)c1)N1CCOC(c2cnn(C)c2)C1.I. The quantitative estimate of drug-likeness (QED) is 0.333. The van der Waals surface area contributed by atoms with Crippen LogP contribution >= 0.6 is 24.0 Å². The Kier molecular flexibility index (Phi) is 8.98. The van der Waals surface area contributed by atoms with E-state index in [4.69, 9.17) is 9.73 Å². The van der Waals surface area contributed by atoms with Crippen molar-refractivity contribution in [2.45, 2.75) is 38.5 Å². The van der Waals surface area contributed by atoms with Crippen LogP contribution in [-0.2, 0) is 23.4 Å². The van der Waals surface area contributed by atoms with E-state index in [1.54, 1.807) is 16.9 Å². The number of alkyl halides is 3. The van der Waals surface area contributed by atoms with Gasteiger partial charge in [0, 0.05) is 37.3 Å². The van der Waals surface area contributed by atoms with Crippen LogP contribution in [0.4, 0.5) is 13.2 Å². The predicted octanol–water partition coefficient (Wildman–Crippen LogP) is 4.37. The van der Waals surface area contributed by atoms with E-state index < -0.39 is 17.2 Å². The normalized spacial score (nSPS) is 17.8. The van der Waals surface area contributed by atoms with Crippen molar-refractivity contribution in [1.82, 2.24) is 20.0 Å². The number of aryl methyl sites for hydroxylation is 1. The molecule has 1 aromatic heterocycles. The predicted molar refractivity (Wildman–Crippen MR) is 129 cm³/mol. The van der Waals surface area contributed by atoms with Gasteiger partial charge in [0.1, 0.15) is 6.10 Å². The average Bonchev–Trinajstić information content (AvgIpc) is 3.17. The molecule has 2 heterocycles. The molecule has 32 heavy (non-hydrogen) atoms. The summed E-state index contributed by atoms with van der Waals surface area (Å²) in [5, 5.41) is 7.53. The number of morpholine rings is 1. The molecule has 178 valence electrons. The first-order chi connectivity index (χ1) is 14.6. The molecule has 1 saturated heterocycles. The van der Waals surface area contributed by atoms with Gasteiger partial charge in [-0.25, -0.2) is 0 Å². The van der Waals surface area contributed by atoms with Crippen molar-refractivity contribution in [2.24, 2.45) is 12.0 Å². The second kappa shape index (κ2) is 10.9. The highest BCUT2D eigenvalue weighted by molar-refractivity contribution is 14.0. The highest BCUT2D eigenvalue weighted by atomic mass is 127. The second-order valence-electron chi connectivity index (χ2n) is 8.39. The Labute approximate surface area is 204 Å². The van der Waals surface area contributed by atoms with E-state index in [1.807, 2.05) is 34.0 Å². The summed E-state index contributed by atoms with van der Waals surface area (Å²) in [6, 6.07) is 5.50. The Morgan fingerprint density at radius 2 is 2.00 bits per heavy atom. The highest BCUT2D eigenvalue weighted by Crippen LogP contribution is 2.33. The molecule has 1 aliphatic heterocycles. The standard InChI is InChI=1S/C22H30F3N5O.HI/c1-5-26-20(30-9-10-31-19(14-30)16-12-28-29(4)13-16)27-15-21(2,3)17-7-6-8-18(11-17)22(23,24)25;/h6-8,11-13,19H,5,9-10,14-15H2,1-4H3,(H,26,27);1H. The van der Waals surface area contributed by atoms with Gasteiger partial charge in [-0.15, -0.1) is 24.0 Å². The minimum atomic E-state index is -4.36. The third-order valence-electron chi connectivity index (χ3n) is 5.39. The summed E-state index contributed by atoms with van der Waals surface area (Å²) < 4.78 is 47.0. The highest BCUT2D eigenvalue weighted by Gasteiger charge is 2.32. The number of guanidine groups is 1. The lowest BCUT2D eigenvalue weighted by Gasteiger charge is -2.35. The first kappa shape index (κ1) is 26.4. The van der Waals surface area contributed by atoms with Crippen LogP contribution < -0.4 is 5.32 Å². The number of aliphatic imine (C=N–C) groups is 1. The van der Waals surface area contributed by atoms with Crippen LogP contribution in [0, 0.1) is 0 Å². The van der Waals surface area contributed by atoms with Gasteiger partial charge in [-0.05, 0) is 18.6 Å². The van der Waals surface area contributed by atoms with E-state index in [0.29, 0.717) is 38.3 Å². The number of hydrogen-bond acceptors (Lipinski definition) is 3. The first-order valence-corrected chi connectivity index (χ1v) is 10.4. The maximum atomic E-state index is 13.1. The molecule has 0 spiro atoms. The summed E-state index contributed by atoms with van der Waals surface area (Å²) in [5.74, 6) is 0.736. The molecule has 1 fully saturated rings. The molecular weight excluding hydrogens is 534 g/mol. The van der Waals surface area contributed by atoms with Crippen LogP contribution in [0.3, 0.4) is 0 Å². The number of nitrogens with zero attached hydrogens (tertiary/aromatic N) is 4. The van der Waals surface area contributed by atoms with Crippen molar-refractivity contribution in [2.75, 3.05) is 32.8 Å². The van der Waals surface area contributed by atoms with Gasteiger partial charge >= 0.3 is 6.18 Å². The maximum Gasteiger partial charge on any atom is 0.416 e. The maximum absolute atomic E-state index is 13.1. The zero-order valence-corrected chi connectivity index (χ0v) is 21.1. The molecule has 1 unspecified atom stereocenters. The van der Waals surface area contributed by atoms with Gasteiger partial charge < -0.3 is 15.0 Å². The number of nitrogens with one attached hydrogen (secondary N) is 1. The van der Waals surface area contributed by atoms with Crippen molar-refractivity contribution >= 4 is 29.9 Å². The third kappa shape index (κ3) is 6.60. The molecule has 0 radical (unpaired) electrons. The van der Waals surface area contributed by atoms with Crippen LogP contribution in [-0.4, -0.2) is 53.4 Å². The molecule has 1 aliphatic rings. The van der Waals surface area contributed by atoms with Gasteiger partial charge in [0.05, 0.1) is 31.5 Å². The summed E-state index contributed by atoms with van der Waals surface area (Å²) in [6.45, 7) is 8.73. The van der Waals surface area contributed by atoms with Crippen molar-refractivity contribution in [3.05, 3.63) is 53.3 Å². The zero-order chi connectivity index (χ0) is 22.6. The van der Waals surface area contributed by atoms with E-state index in [0.717, 1.165) is 17.6 Å². The van der Waals surface area contributed by atoms with Gasteiger partial charge in [0.2, 0.25) is 0 Å². The molecule has 1 aromatic carbocycles. The lowest BCUT2D eigenvalue weighted by atomic mass is 9.84. The van der Waals surface area contributed by atoms with Gasteiger partial charge in [-0.2, -0.15) is 18.3 Å². The van der Waals surface area contributed by atoms with Crippen molar-refractivity contribution < 1.29 is 17.9 Å². The van der Waals surface area contributed by atoms with Gasteiger partial charge in [0.25, 0.3) is 0 Å². The topological polar surface area (TPSA) is 54.7 Å². The minimum absolute atomic E-state index is 0. The largest absolute Gasteiger partial charge is 0.416 e. The lowest BCUT2D eigenvalue weighted by molar-refractivity contribution is -0.137. The van der Waals surface area contributed by atoms with Crippen molar-refractivity contribution in [3.8, 4) is 0 Å². The number of rotatable bonds is 5. The summed E-state index contributed by atoms with van der Waals surface area (Å²) in [6.07, 6.45) is -0.730. The summed E-state index contributed by atoms with van der Waals surface area (Å²) in [7, 11) is 1.87. The number of ether oxygens (including phenoxy) is 1. The van der Waals surface area contributed by atoms with Crippen LogP contribution in [0.1, 0.15) is 43.6 Å². The Morgan fingerprint density at radius 1 is 1.28 bits per heavy atom. The Balaban J connectivity index is 0.00000363. The Hall–Kier alpha value is -1.82. The first-order valence-electron chi connectivity index (χ1n) is 10.4. The number of halogens is 4. The molecule has 0 saturated carbocycles. The molecule has 0 aliphatic carbocycles. The summed E-state index contributed by atoms with van der Waals surface area (Å²) in [4.78, 5) is 6.92. The molecule has 2 aromatic rings. The molecule has 1 N–H and O–H groups in total. The van der Waals surface area contributed by atoms with Crippen LogP contribution in [0.15, 0.2) is 41.7 Å². The number of benzene rings is 1. The van der Waals surface area contributed by atoms with E-state index in [-0.39, 0.29) is 30.1 Å². The van der Waals surface area contributed by atoms with E-state index in [2.05, 4.69) is 15.3 Å². The lowest BCUT2D eigenvalue weighted by Crippen LogP contribution is -2.48. The molecule has 0 bridgehead atoms. The molecule has 1 atom stereocenters. The molecule has 3 rings (SSSR count). The fourth-order valence-electron chi connectivity index (χ4n) is 3.56. The zero-order valence-electron chi connectivity index (χ0n) is 18.8. The van der Waals surface area contributed by atoms with Crippen molar-refractivity contribution in [3.63, 3.8) is 0 Å². The summed E-state index contributed by atoms with van der Waals surface area (Å²) in [5.41, 5.74) is 0.419. The number of hydrogen-bond donors (Lipinski definition) is 1. The van der Waals surface area contributed by atoms with Crippen LogP contribution in [0.5, 0.6) is 0 Å². The monoisotopic (exact) mass is 565 g/mol.